The normalized spacial score (nSPS) is 27.3. The van der Waals surface area contributed by atoms with Gasteiger partial charge in [-0.05, 0) is 26.0 Å². The third kappa shape index (κ3) is 3.14. The van der Waals surface area contributed by atoms with Crippen molar-refractivity contribution in [1.29, 1.82) is 0 Å². The number of benzene rings is 1. The Kier molecular flexibility index (Phi) is 4.51. The van der Waals surface area contributed by atoms with E-state index in [4.69, 9.17) is 14.2 Å². The largest absolute Gasteiger partial charge is 0.394 e. The van der Waals surface area contributed by atoms with E-state index in [2.05, 4.69) is 20.3 Å². The van der Waals surface area contributed by atoms with Crippen molar-refractivity contribution in [3.8, 4) is 0 Å². The van der Waals surface area contributed by atoms with Crippen LogP contribution in [0.2, 0.25) is 0 Å². The maximum atomic E-state index is 12.5. The lowest BCUT2D eigenvalue weighted by atomic mass is 10.1. The molecule has 4 atom stereocenters. The molecule has 0 aliphatic carbocycles. The van der Waals surface area contributed by atoms with Crippen LogP contribution in [0.4, 0.5) is 5.82 Å². The molecule has 1 unspecified atom stereocenters. The van der Waals surface area contributed by atoms with E-state index < -0.39 is 30.3 Å². The fourth-order valence-corrected chi connectivity index (χ4v) is 3.93. The van der Waals surface area contributed by atoms with Crippen molar-refractivity contribution in [3.63, 3.8) is 0 Å². The number of nitrogens with zero attached hydrogens (tertiary/aromatic N) is 4. The van der Waals surface area contributed by atoms with E-state index in [-0.39, 0.29) is 12.5 Å². The molecular weight excluding hydrogens is 390 g/mol. The number of aromatic nitrogens is 4. The summed E-state index contributed by atoms with van der Waals surface area (Å²) in [6, 6.07) is 8.84. The number of ether oxygens (including phenoxy) is 3. The van der Waals surface area contributed by atoms with Crippen LogP contribution >= 0.6 is 0 Å². The van der Waals surface area contributed by atoms with Crippen LogP contribution in [0.25, 0.3) is 11.2 Å². The zero-order valence-electron chi connectivity index (χ0n) is 16.4. The summed E-state index contributed by atoms with van der Waals surface area (Å²) in [6.45, 7) is 3.45. The Labute approximate surface area is 171 Å². The van der Waals surface area contributed by atoms with E-state index >= 15 is 0 Å². The predicted octanol–water partition coefficient (Wildman–Crippen LogP) is 1.49. The first-order chi connectivity index (χ1) is 14.5. The van der Waals surface area contributed by atoms with Crippen molar-refractivity contribution in [2.24, 2.45) is 0 Å². The number of rotatable bonds is 4. The van der Waals surface area contributed by atoms with Crippen LogP contribution < -0.4 is 5.32 Å². The van der Waals surface area contributed by atoms with Gasteiger partial charge in [0.15, 0.2) is 29.0 Å². The maximum Gasteiger partial charge on any atom is 0.256 e. The average molecular weight is 411 g/mol. The minimum Gasteiger partial charge on any atom is -0.394 e. The molecule has 10 nitrogen and oxygen atoms in total. The van der Waals surface area contributed by atoms with Crippen LogP contribution in [0, 0.1) is 0 Å². The first-order valence-corrected chi connectivity index (χ1v) is 9.63. The number of nitrogens with one attached hydrogen (secondary N) is 1. The summed E-state index contributed by atoms with van der Waals surface area (Å²) in [5, 5.41) is 12.5. The maximum absolute atomic E-state index is 12.5. The number of aliphatic hydroxyl groups excluding tert-OH is 1. The van der Waals surface area contributed by atoms with Gasteiger partial charge in [-0.1, -0.05) is 18.2 Å². The fourth-order valence-electron chi connectivity index (χ4n) is 3.93. The lowest BCUT2D eigenvalue weighted by molar-refractivity contribution is -0.199. The fraction of sp³-hybridized carbons (Fsp3) is 0.400. The van der Waals surface area contributed by atoms with Gasteiger partial charge in [0.1, 0.15) is 24.6 Å². The molecule has 2 N–H and O–H groups in total. The summed E-state index contributed by atoms with van der Waals surface area (Å²) in [7, 11) is 0. The summed E-state index contributed by atoms with van der Waals surface area (Å²) in [4.78, 5) is 25.4. The molecule has 0 radical (unpaired) electrons. The summed E-state index contributed by atoms with van der Waals surface area (Å²) < 4.78 is 19.6. The first-order valence-electron chi connectivity index (χ1n) is 9.63. The van der Waals surface area contributed by atoms with Crippen molar-refractivity contribution >= 4 is 22.9 Å². The Balaban J connectivity index is 1.47. The highest BCUT2D eigenvalue weighted by molar-refractivity contribution is 6.06. The summed E-state index contributed by atoms with van der Waals surface area (Å²) in [5.41, 5.74) is 1.41. The standard InChI is InChI=1S/C20H21N5O5/c1-20(2)29-14-12(8-26)28-19(15(14)30-20)25-10-23-13-16(21-9-22-17(13)25)24-18(27)11-6-4-3-5-7-11/h3-7,9-10,12,14-15,19,26H,8H2,1-2H3,(H,21,22,24,27)/t12-,14+,15?,19-/m1/s1. The molecule has 30 heavy (non-hydrogen) atoms. The molecule has 1 aromatic carbocycles. The van der Waals surface area contributed by atoms with Gasteiger partial charge < -0.3 is 24.6 Å². The molecule has 2 aliphatic rings. The number of fused-ring (bicyclic) bond motifs is 2. The smallest absolute Gasteiger partial charge is 0.256 e. The van der Waals surface area contributed by atoms with Crippen LogP contribution in [0.15, 0.2) is 43.0 Å². The monoisotopic (exact) mass is 411 g/mol. The zero-order valence-corrected chi connectivity index (χ0v) is 16.4. The minimum atomic E-state index is -0.787. The molecule has 2 saturated heterocycles. The molecule has 3 aromatic rings. The average Bonchev–Trinajstić information content (AvgIpc) is 3.39. The number of carbonyl (C=O) groups excluding carboxylic acids is 1. The van der Waals surface area contributed by atoms with Gasteiger partial charge in [0.05, 0.1) is 12.9 Å². The van der Waals surface area contributed by atoms with E-state index in [9.17, 15) is 9.90 Å². The Morgan fingerprint density at radius 2 is 1.93 bits per heavy atom. The van der Waals surface area contributed by atoms with Crippen molar-refractivity contribution in [2.45, 2.75) is 44.2 Å². The molecule has 0 spiro atoms. The van der Waals surface area contributed by atoms with Crippen molar-refractivity contribution in [1.82, 2.24) is 19.5 Å². The Bertz CT molecular complexity index is 1090. The first kappa shape index (κ1) is 19.1. The number of amides is 1. The van der Waals surface area contributed by atoms with Crippen LogP contribution in [-0.4, -0.2) is 61.2 Å². The Morgan fingerprint density at radius 1 is 1.17 bits per heavy atom. The topological polar surface area (TPSA) is 121 Å². The van der Waals surface area contributed by atoms with E-state index in [1.54, 1.807) is 35.2 Å². The highest BCUT2D eigenvalue weighted by atomic mass is 16.8. The summed E-state index contributed by atoms with van der Waals surface area (Å²) in [6.07, 6.45) is 0.948. The second-order valence-corrected chi connectivity index (χ2v) is 7.68. The Morgan fingerprint density at radius 3 is 2.70 bits per heavy atom. The van der Waals surface area contributed by atoms with Crippen molar-refractivity contribution < 1.29 is 24.1 Å². The second-order valence-electron chi connectivity index (χ2n) is 7.68. The van der Waals surface area contributed by atoms with E-state index in [1.807, 2.05) is 19.9 Å². The van der Waals surface area contributed by atoms with Gasteiger partial charge in [0.25, 0.3) is 5.91 Å². The van der Waals surface area contributed by atoms with Gasteiger partial charge in [0.2, 0.25) is 0 Å². The molecule has 5 rings (SSSR count). The highest BCUT2D eigenvalue weighted by Gasteiger charge is 2.56. The van der Waals surface area contributed by atoms with Gasteiger partial charge in [-0.2, -0.15) is 0 Å². The highest BCUT2D eigenvalue weighted by Crippen LogP contribution is 2.43. The molecule has 1 amide bonds. The molecule has 2 fully saturated rings. The number of imidazole rings is 1. The van der Waals surface area contributed by atoms with E-state index in [0.29, 0.717) is 22.5 Å². The molecule has 2 aliphatic heterocycles. The van der Waals surface area contributed by atoms with Crippen LogP contribution in [0.3, 0.4) is 0 Å². The molecule has 156 valence electrons. The van der Waals surface area contributed by atoms with Crippen LogP contribution in [0.5, 0.6) is 0 Å². The summed E-state index contributed by atoms with van der Waals surface area (Å²) >= 11 is 0. The van der Waals surface area contributed by atoms with Crippen molar-refractivity contribution in [3.05, 3.63) is 48.5 Å². The minimum absolute atomic E-state index is 0.197. The third-order valence-corrected chi connectivity index (χ3v) is 5.21. The molecule has 0 saturated carbocycles. The van der Waals surface area contributed by atoms with Gasteiger partial charge >= 0.3 is 0 Å². The number of aliphatic hydroxyl groups is 1. The third-order valence-electron chi connectivity index (χ3n) is 5.21. The molecule has 0 bridgehead atoms. The molecule has 4 heterocycles. The zero-order chi connectivity index (χ0) is 20.9. The van der Waals surface area contributed by atoms with E-state index in [1.165, 1.54) is 6.33 Å². The van der Waals surface area contributed by atoms with Crippen LogP contribution in [-0.2, 0) is 14.2 Å². The van der Waals surface area contributed by atoms with Crippen LogP contribution in [0.1, 0.15) is 30.4 Å². The lowest BCUT2D eigenvalue weighted by Crippen LogP contribution is -2.31. The van der Waals surface area contributed by atoms with Crippen molar-refractivity contribution in [2.75, 3.05) is 11.9 Å². The molecular formula is C20H21N5O5. The van der Waals surface area contributed by atoms with Gasteiger partial charge in [-0.25, -0.2) is 15.0 Å². The second kappa shape index (κ2) is 7.10. The van der Waals surface area contributed by atoms with E-state index in [0.717, 1.165) is 0 Å². The summed E-state index contributed by atoms with van der Waals surface area (Å²) in [5.74, 6) is -0.785. The molecule has 10 heteroatoms. The number of hydrogen-bond acceptors (Lipinski definition) is 8. The number of carbonyl (C=O) groups is 1. The number of hydrogen-bond donors (Lipinski definition) is 2. The van der Waals surface area contributed by atoms with Gasteiger partial charge in [-0.3, -0.25) is 9.36 Å². The predicted molar refractivity (Wildman–Crippen MR) is 105 cm³/mol. The molecule has 2 aromatic heterocycles. The SMILES string of the molecule is CC1(C)OC2[C@@H](O1)[C@@H](CO)O[C@H]2n1cnc2c(NC(=O)c3ccccc3)ncnc21. The van der Waals surface area contributed by atoms with Gasteiger partial charge in [-0.15, -0.1) is 0 Å². The lowest BCUT2D eigenvalue weighted by Gasteiger charge is -2.24. The quantitative estimate of drug-likeness (QED) is 0.662. The number of anilines is 1. The Hall–Kier alpha value is -2.92. The van der Waals surface area contributed by atoms with Gasteiger partial charge in [0, 0.05) is 5.56 Å².